The summed E-state index contributed by atoms with van der Waals surface area (Å²) in [5.41, 5.74) is 2.36. The molecule has 2 aromatic carbocycles. The first-order valence-corrected chi connectivity index (χ1v) is 8.03. The number of fused-ring (bicyclic) bond motifs is 1. The molecule has 1 heterocycles. The molecule has 0 aliphatic heterocycles. The van der Waals surface area contributed by atoms with Crippen LogP contribution in [0.5, 0.6) is 5.75 Å². The summed E-state index contributed by atoms with van der Waals surface area (Å²) in [6.45, 7) is 0. The van der Waals surface area contributed by atoms with Gasteiger partial charge in [-0.1, -0.05) is 28.1 Å². The van der Waals surface area contributed by atoms with Crippen LogP contribution in [0, 0.1) is 0 Å². The lowest BCUT2D eigenvalue weighted by Gasteiger charge is -2.03. The summed E-state index contributed by atoms with van der Waals surface area (Å²) in [5, 5.41) is 1.18. The van der Waals surface area contributed by atoms with Gasteiger partial charge in [-0.15, -0.1) is 11.3 Å². The van der Waals surface area contributed by atoms with E-state index in [1.165, 1.54) is 15.3 Å². The molecule has 0 N–H and O–H groups in total. The lowest BCUT2D eigenvalue weighted by atomic mass is 10.1. The molecule has 0 aliphatic carbocycles. The highest BCUT2D eigenvalue weighted by Gasteiger charge is 2.05. The van der Waals surface area contributed by atoms with Crippen LogP contribution < -0.4 is 4.74 Å². The molecule has 0 saturated heterocycles. The van der Waals surface area contributed by atoms with Crippen LogP contribution in [0.4, 0.5) is 0 Å². The van der Waals surface area contributed by atoms with E-state index in [1.54, 1.807) is 18.4 Å². The van der Waals surface area contributed by atoms with E-state index in [4.69, 9.17) is 4.74 Å². The van der Waals surface area contributed by atoms with Crippen LogP contribution in [0.15, 0.2) is 46.9 Å². The molecule has 20 heavy (non-hydrogen) atoms. The molecule has 3 aromatic rings. The van der Waals surface area contributed by atoms with Crippen molar-refractivity contribution in [1.82, 2.24) is 4.98 Å². The maximum absolute atomic E-state index is 5.25. The standard InChI is InChI=1S/C16H14BrNOS/c1-19-13-4-2-3-11(9-13)5-8-16-18-14-7-6-12(17)10-15(14)20-16/h2-4,6-7,9-10H,5,8H2,1H3. The van der Waals surface area contributed by atoms with Crippen molar-refractivity contribution in [2.75, 3.05) is 7.11 Å². The Balaban J connectivity index is 1.76. The number of benzene rings is 2. The molecule has 0 atom stereocenters. The van der Waals surface area contributed by atoms with Crippen molar-refractivity contribution >= 4 is 37.5 Å². The largest absolute Gasteiger partial charge is 0.497 e. The van der Waals surface area contributed by atoms with Gasteiger partial charge in [-0.2, -0.15) is 0 Å². The van der Waals surface area contributed by atoms with E-state index in [-0.39, 0.29) is 0 Å². The highest BCUT2D eigenvalue weighted by Crippen LogP contribution is 2.26. The van der Waals surface area contributed by atoms with Gasteiger partial charge >= 0.3 is 0 Å². The van der Waals surface area contributed by atoms with Gasteiger partial charge in [0.15, 0.2) is 0 Å². The number of halogens is 1. The molecule has 0 amide bonds. The second kappa shape index (κ2) is 5.94. The summed E-state index contributed by atoms with van der Waals surface area (Å²) in [6.07, 6.45) is 1.95. The third kappa shape index (κ3) is 3.02. The van der Waals surface area contributed by atoms with E-state index in [0.29, 0.717) is 0 Å². The average Bonchev–Trinajstić information content (AvgIpc) is 2.87. The van der Waals surface area contributed by atoms with Crippen LogP contribution in [0.25, 0.3) is 10.2 Å². The molecule has 2 nitrogen and oxygen atoms in total. The van der Waals surface area contributed by atoms with Crippen LogP contribution >= 0.6 is 27.3 Å². The SMILES string of the molecule is COc1cccc(CCc2nc3ccc(Br)cc3s2)c1. The van der Waals surface area contributed by atoms with E-state index >= 15 is 0 Å². The first-order valence-electron chi connectivity index (χ1n) is 6.42. The van der Waals surface area contributed by atoms with E-state index in [9.17, 15) is 0 Å². The topological polar surface area (TPSA) is 22.1 Å². The zero-order chi connectivity index (χ0) is 13.9. The number of methoxy groups -OCH3 is 1. The lowest BCUT2D eigenvalue weighted by molar-refractivity contribution is 0.414. The van der Waals surface area contributed by atoms with E-state index < -0.39 is 0 Å². The summed E-state index contributed by atoms with van der Waals surface area (Å²) in [7, 11) is 1.70. The van der Waals surface area contributed by atoms with Gasteiger partial charge in [-0.3, -0.25) is 0 Å². The van der Waals surface area contributed by atoms with Crippen molar-refractivity contribution in [3.05, 3.63) is 57.5 Å². The van der Waals surface area contributed by atoms with E-state index in [0.717, 1.165) is 28.6 Å². The second-order valence-electron chi connectivity index (χ2n) is 4.57. The van der Waals surface area contributed by atoms with Crippen molar-refractivity contribution < 1.29 is 4.74 Å². The van der Waals surface area contributed by atoms with Crippen LogP contribution in [0.3, 0.4) is 0 Å². The first-order chi connectivity index (χ1) is 9.74. The molecule has 1 aromatic heterocycles. The third-order valence-corrected chi connectivity index (χ3v) is 4.73. The minimum absolute atomic E-state index is 0.913. The van der Waals surface area contributed by atoms with Crippen LogP contribution in [-0.4, -0.2) is 12.1 Å². The Kier molecular flexibility index (Phi) is 4.03. The molecular formula is C16H14BrNOS. The molecular weight excluding hydrogens is 334 g/mol. The van der Waals surface area contributed by atoms with Crippen molar-refractivity contribution in [2.45, 2.75) is 12.8 Å². The minimum atomic E-state index is 0.913. The van der Waals surface area contributed by atoms with Crippen molar-refractivity contribution in [1.29, 1.82) is 0 Å². The number of nitrogens with zero attached hydrogens (tertiary/aromatic N) is 1. The number of aromatic nitrogens is 1. The maximum atomic E-state index is 5.25. The fourth-order valence-electron chi connectivity index (χ4n) is 2.13. The highest BCUT2D eigenvalue weighted by atomic mass is 79.9. The quantitative estimate of drug-likeness (QED) is 0.672. The molecule has 0 radical (unpaired) electrons. The first kappa shape index (κ1) is 13.6. The normalized spacial score (nSPS) is 10.9. The predicted molar refractivity (Wildman–Crippen MR) is 87.7 cm³/mol. The van der Waals surface area contributed by atoms with Gasteiger partial charge in [-0.05, 0) is 42.3 Å². The number of aryl methyl sites for hydroxylation is 2. The van der Waals surface area contributed by atoms with Gasteiger partial charge in [0.1, 0.15) is 5.75 Å². The Morgan fingerprint density at radius 1 is 1.15 bits per heavy atom. The number of hydrogen-bond acceptors (Lipinski definition) is 3. The molecule has 0 aliphatic rings. The third-order valence-electron chi connectivity index (χ3n) is 3.16. The second-order valence-corrected chi connectivity index (χ2v) is 6.60. The summed E-state index contributed by atoms with van der Waals surface area (Å²) in [5.74, 6) is 0.913. The van der Waals surface area contributed by atoms with Crippen LogP contribution in [0.2, 0.25) is 0 Å². The molecule has 3 rings (SSSR count). The molecule has 0 bridgehead atoms. The number of ether oxygens (including phenoxy) is 1. The van der Waals surface area contributed by atoms with Crippen LogP contribution in [0.1, 0.15) is 10.6 Å². The van der Waals surface area contributed by atoms with Crippen molar-refractivity contribution in [3.63, 3.8) is 0 Å². The zero-order valence-corrected chi connectivity index (χ0v) is 13.5. The minimum Gasteiger partial charge on any atom is -0.497 e. The van der Waals surface area contributed by atoms with Gasteiger partial charge in [0.2, 0.25) is 0 Å². The summed E-state index contributed by atoms with van der Waals surface area (Å²) in [6, 6.07) is 14.4. The van der Waals surface area contributed by atoms with Gasteiger partial charge in [0.25, 0.3) is 0 Å². The lowest BCUT2D eigenvalue weighted by Crippen LogP contribution is -1.91. The molecule has 0 saturated carbocycles. The molecule has 4 heteroatoms. The van der Waals surface area contributed by atoms with Gasteiger partial charge in [0, 0.05) is 10.9 Å². The molecule has 0 fully saturated rings. The Morgan fingerprint density at radius 2 is 2.05 bits per heavy atom. The summed E-state index contributed by atoms with van der Waals surface area (Å²) in [4.78, 5) is 4.68. The zero-order valence-electron chi connectivity index (χ0n) is 11.1. The smallest absolute Gasteiger partial charge is 0.119 e. The Morgan fingerprint density at radius 3 is 2.90 bits per heavy atom. The fraction of sp³-hybridized carbons (Fsp3) is 0.188. The van der Waals surface area contributed by atoms with Gasteiger partial charge < -0.3 is 4.74 Å². The number of thiazole rings is 1. The van der Waals surface area contributed by atoms with Gasteiger partial charge in [0.05, 0.1) is 22.3 Å². The monoisotopic (exact) mass is 347 g/mol. The average molecular weight is 348 g/mol. The van der Waals surface area contributed by atoms with Gasteiger partial charge in [-0.25, -0.2) is 4.98 Å². The Labute approximate surface area is 130 Å². The van der Waals surface area contributed by atoms with E-state index in [2.05, 4.69) is 45.2 Å². The van der Waals surface area contributed by atoms with Crippen molar-refractivity contribution in [3.8, 4) is 5.75 Å². The molecule has 102 valence electrons. The fourth-order valence-corrected chi connectivity index (χ4v) is 3.65. The van der Waals surface area contributed by atoms with Crippen molar-refractivity contribution in [2.24, 2.45) is 0 Å². The summed E-state index contributed by atoms with van der Waals surface area (Å²) < 4.78 is 7.59. The maximum Gasteiger partial charge on any atom is 0.119 e. The Hall–Kier alpha value is -1.39. The number of hydrogen-bond donors (Lipinski definition) is 0. The van der Waals surface area contributed by atoms with Crippen LogP contribution in [-0.2, 0) is 12.8 Å². The number of rotatable bonds is 4. The molecule has 0 spiro atoms. The highest BCUT2D eigenvalue weighted by molar-refractivity contribution is 9.10. The Bertz CT molecular complexity index is 738. The summed E-state index contributed by atoms with van der Waals surface area (Å²) >= 11 is 5.27. The molecule has 0 unspecified atom stereocenters. The van der Waals surface area contributed by atoms with E-state index in [1.807, 2.05) is 18.2 Å². The predicted octanol–water partition coefficient (Wildman–Crippen LogP) is 4.85.